The molecular weight excluding hydrogens is 273 g/mol. The molecule has 1 aliphatic heterocycles. The highest BCUT2D eigenvalue weighted by molar-refractivity contribution is 9.10. The van der Waals surface area contributed by atoms with E-state index in [9.17, 15) is 4.39 Å². The van der Waals surface area contributed by atoms with Crippen molar-refractivity contribution in [1.29, 1.82) is 0 Å². The number of hydrogen-bond donors (Lipinski definition) is 1. The second-order valence-electron chi connectivity index (χ2n) is 4.14. The van der Waals surface area contributed by atoms with Crippen LogP contribution < -0.4 is 5.73 Å². The van der Waals surface area contributed by atoms with E-state index in [0.717, 1.165) is 36.1 Å². The lowest BCUT2D eigenvalue weighted by atomic mass is 9.88. The van der Waals surface area contributed by atoms with Crippen molar-refractivity contribution in [3.63, 3.8) is 0 Å². The standard InChI is InChI=1S/C12H15BrFNO/c13-11-7-9(14)1-2-10(11)12(15)8-3-5-16-6-4-8/h1-2,7-8,12H,3-6,15H2/t12-/m0/s1. The molecule has 2 rings (SSSR count). The average molecular weight is 288 g/mol. The maximum atomic E-state index is 13.0. The Morgan fingerprint density at radius 3 is 2.69 bits per heavy atom. The van der Waals surface area contributed by atoms with Gasteiger partial charge in [-0.25, -0.2) is 4.39 Å². The first-order valence-electron chi connectivity index (χ1n) is 5.47. The number of benzene rings is 1. The highest BCUT2D eigenvalue weighted by atomic mass is 79.9. The lowest BCUT2D eigenvalue weighted by Gasteiger charge is -2.28. The molecule has 1 aromatic rings. The molecule has 2 nitrogen and oxygen atoms in total. The van der Waals surface area contributed by atoms with Crippen LogP contribution in [0.2, 0.25) is 0 Å². The third-order valence-corrected chi connectivity index (χ3v) is 3.78. The van der Waals surface area contributed by atoms with Crippen molar-refractivity contribution >= 4 is 15.9 Å². The summed E-state index contributed by atoms with van der Waals surface area (Å²) in [6, 6.07) is 4.65. The van der Waals surface area contributed by atoms with E-state index >= 15 is 0 Å². The van der Waals surface area contributed by atoms with Crippen molar-refractivity contribution in [2.75, 3.05) is 13.2 Å². The van der Waals surface area contributed by atoms with Crippen LogP contribution in [0.1, 0.15) is 24.4 Å². The van der Waals surface area contributed by atoms with E-state index in [0.29, 0.717) is 5.92 Å². The van der Waals surface area contributed by atoms with Gasteiger partial charge in [0.05, 0.1) is 0 Å². The minimum atomic E-state index is -0.241. The van der Waals surface area contributed by atoms with Gasteiger partial charge in [-0.2, -0.15) is 0 Å². The van der Waals surface area contributed by atoms with Gasteiger partial charge in [-0.05, 0) is 36.5 Å². The van der Waals surface area contributed by atoms with Crippen molar-refractivity contribution in [2.45, 2.75) is 18.9 Å². The summed E-state index contributed by atoms with van der Waals surface area (Å²) in [6.07, 6.45) is 1.95. The fourth-order valence-electron chi connectivity index (χ4n) is 2.10. The monoisotopic (exact) mass is 287 g/mol. The predicted molar refractivity (Wildman–Crippen MR) is 64.6 cm³/mol. The Labute approximate surface area is 103 Å². The van der Waals surface area contributed by atoms with Crippen LogP contribution in [0.5, 0.6) is 0 Å². The van der Waals surface area contributed by atoms with E-state index in [4.69, 9.17) is 10.5 Å². The van der Waals surface area contributed by atoms with Crippen LogP contribution in [0, 0.1) is 11.7 Å². The fourth-order valence-corrected chi connectivity index (χ4v) is 2.72. The molecule has 1 aromatic carbocycles. The summed E-state index contributed by atoms with van der Waals surface area (Å²) in [5, 5.41) is 0. The molecule has 1 saturated heterocycles. The lowest BCUT2D eigenvalue weighted by molar-refractivity contribution is 0.0583. The summed E-state index contributed by atoms with van der Waals surface area (Å²) in [5.74, 6) is 0.185. The SMILES string of the molecule is N[C@H](c1ccc(F)cc1Br)C1CCOCC1. The first-order valence-corrected chi connectivity index (χ1v) is 6.26. The number of halogens is 2. The van der Waals surface area contributed by atoms with Gasteiger partial charge < -0.3 is 10.5 Å². The van der Waals surface area contributed by atoms with Gasteiger partial charge in [-0.1, -0.05) is 22.0 Å². The molecule has 0 aromatic heterocycles. The molecule has 0 aliphatic carbocycles. The fraction of sp³-hybridized carbons (Fsp3) is 0.500. The third-order valence-electron chi connectivity index (χ3n) is 3.10. The van der Waals surface area contributed by atoms with Crippen molar-refractivity contribution in [1.82, 2.24) is 0 Å². The smallest absolute Gasteiger partial charge is 0.124 e. The molecule has 0 saturated carbocycles. The summed E-state index contributed by atoms with van der Waals surface area (Å²) in [5.41, 5.74) is 7.19. The van der Waals surface area contributed by atoms with Gasteiger partial charge in [0.15, 0.2) is 0 Å². The number of rotatable bonds is 2. The second kappa shape index (κ2) is 5.25. The van der Waals surface area contributed by atoms with Crippen LogP contribution in [0.4, 0.5) is 4.39 Å². The molecule has 1 atom stereocenters. The van der Waals surface area contributed by atoms with Crippen LogP contribution in [0.25, 0.3) is 0 Å². The van der Waals surface area contributed by atoms with E-state index in [1.54, 1.807) is 6.07 Å². The zero-order valence-corrected chi connectivity index (χ0v) is 10.5. The van der Waals surface area contributed by atoms with Crippen LogP contribution in [0.15, 0.2) is 22.7 Å². The molecule has 0 spiro atoms. The maximum absolute atomic E-state index is 13.0. The van der Waals surface area contributed by atoms with Gasteiger partial charge >= 0.3 is 0 Å². The Morgan fingerprint density at radius 2 is 2.06 bits per heavy atom. The van der Waals surface area contributed by atoms with Gasteiger partial charge in [0.1, 0.15) is 5.82 Å². The van der Waals surface area contributed by atoms with Gasteiger partial charge in [0.25, 0.3) is 0 Å². The highest BCUT2D eigenvalue weighted by Crippen LogP contribution is 2.32. The molecule has 0 bridgehead atoms. The highest BCUT2D eigenvalue weighted by Gasteiger charge is 2.23. The summed E-state index contributed by atoms with van der Waals surface area (Å²) in [6.45, 7) is 1.55. The topological polar surface area (TPSA) is 35.2 Å². The van der Waals surface area contributed by atoms with E-state index < -0.39 is 0 Å². The lowest BCUT2D eigenvalue weighted by Crippen LogP contribution is -2.27. The number of hydrogen-bond acceptors (Lipinski definition) is 2. The Hall–Kier alpha value is -0.450. The second-order valence-corrected chi connectivity index (χ2v) is 5.00. The van der Waals surface area contributed by atoms with Crippen molar-refractivity contribution in [3.8, 4) is 0 Å². The zero-order valence-electron chi connectivity index (χ0n) is 8.96. The predicted octanol–water partition coefficient (Wildman–Crippen LogP) is 3.01. The minimum absolute atomic E-state index is 0.0427. The summed E-state index contributed by atoms with van der Waals surface area (Å²) < 4.78 is 19.0. The molecule has 4 heteroatoms. The van der Waals surface area contributed by atoms with Gasteiger partial charge in [0, 0.05) is 23.7 Å². The van der Waals surface area contributed by atoms with E-state index in [-0.39, 0.29) is 11.9 Å². The van der Waals surface area contributed by atoms with E-state index in [1.165, 1.54) is 12.1 Å². The Kier molecular flexibility index (Phi) is 3.95. The molecule has 0 unspecified atom stereocenters. The normalized spacial score (nSPS) is 19.7. The Morgan fingerprint density at radius 1 is 1.38 bits per heavy atom. The zero-order chi connectivity index (χ0) is 11.5. The number of nitrogens with two attached hydrogens (primary N) is 1. The largest absolute Gasteiger partial charge is 0.381 e. The first kappa shape index (κ1) is 12.0. The van der Waals surface area contributed by atoms with Crippen LogP contribution >= 0.6 is 15.9 Å². The minimum Gasteiger partial charge on any atom is -0.381 e. The molecule has 0 amide bonds. The van der Waals surface area contributed by atoms with Crippen LogP contribution in [-0.2, 0) is 4.74 Å². The van der Waals surface area contributed by atoms with Crippen molar-refractivity contribution < 1.29 is 9.13 Å². The van der Waals surface area contributed by atoms with Crippen LogP contribution in [0.3, 0.4) is 0 Å². The summed E-state index contributed by atoms with van der Waals surface area (Å²) >= 11 is 3.36. The van der Waals surface area contributed by atoms with Crippen molar-refractivity contribution in [3.05, 3.63) is 34.1 Å². The molecule has 1 fully saturated rings. The maximum Gasteiger partial charge on any atom is 0.124 e. The van der Waals surface area contributed by atoms with E-state index in [1.807, 2.05) is 0 Å². The summed E-state index contributed by atoms with van der Waals surface area (Å²) in [7, 11) is 0. The Bertz CT molecular complexity index is 366. The van der Waals surface area contributed by atoms with Gasteiger partial charge in [0.2, 0.25) is 0 Å². The Balaban J connectivity index is 2.15. The summed E-state index contributed by atoms with van der Waals surface area (Å²) in [4.78, 5) is 0. The van der Waals surface area contributed by atoms with Crippen molar-refractivity contribution in [2.24, 2.45) is 11.7 Å². The van der Waals surface area contributed by atoms with E-state index in [2.05, 4.69) is 15.9 Å². The molecule has 16 heavy (non-hydrogen) atoms. The first-order chi connectivity index (χ1) is 7.68. The van der Waals surface area contributed by atoms with Gasteiger partial charge in [-0.3, -0.25) is 0 Å². The van der Waals surface area contributed by atoms with Crippen LogP contribution in [-0.4, -0.2) is 13.2 Å². The average Bonchev–Trinajstić information content (AvgIpc) is 2.29. The number of ether oxygens (including phenoxy) is 1. The molecule has 1 heterocycles. The third kappa shape index (κ3) is 2.62. The molecule has 2 N–H and O–H groups in total. The quantitative estimate of drug-likeness (QED) is 0.908. The molecule has 0 radical (unpaired) electrons. The van der Waals surface area contributed by atoms with Gasteiger partial charge in [-0.15, -0.1) is 0 Å². The molecule has 1 aliphatic rings. The molecule has 88 valence electrons. The molecular formula is C12H15BrFNO.